The lowest BCUT2D eigenvalue weighted by molar-refractivity contribution is -0.119. The van der Waals surface area contributed by atoms with E-state index in [2.05, 4.69) is 16.3 Å². The molecule has 0 saturated carbocycles. The molecule has 0 aliphatic carbocycles. The van der Waals surface area contributed by atoms with Gasteiger partial charge in [0.15, 0.2) is 0 Å². The fourth-order valence-corrected chi connectivity index (χ4v) is 2.72. The van der Waals surface area contributed by atoms with Crippen molar-refractivity contribution in [2.75, 3.05) is 20.2 Å². The van der Waals surface area contributed by atoms with Crippen molar-refractivity contribution in [3.8, 4) is 11.8 Å². The van der Waals surface area contributed by atoms with E-state index in [0.29, 0.717) is 17.4 Å². The van der Waals surface area contributed by atoms with E-state index in [9.17, 15) is 4.79 Å². The van der Waals surface area contributed by atoms with Crippen LogP contribution in [0.25, 0.3) is 0 Å². The Morgan fingerprint density at radius 3 is 2.76 bits per heavy atom. The number of nitrogens with zero attached hydrogens (tertiary/aromatic N) is 2. The summed E-state index contributed by atoms with van der Waals surface area (Å²) in [6.07, 6.45) is 1.95. The van der Waals surface area contributed by atoms with Crippen LogP contribution in [0.15, 0.2) is 18.2 Å². The van der Waals surface area contributed by atoms with E-state index in [-0.39, 0.29) is 5.91 Å². The monoisotopic (exact) mass is 287 g/mol. The number of methoxy groups -OCH3 is 1. The topological polar surface area (TPSA) is 65.4 Å². The maximum atomic E-state index is 11.0. The Hall–Kier alpha value is -2.06. The van der Waals surface area contributed by atoms with Gasteiger partial charge in [0, 0.05) is 32.6 Å². The van der Waals surface area contributed by atoms with Crippen LogP contribution < -0.4 is 10.1 Å². The van der Waals surface area contributed by atoms with E-state index in [4.69, 9.17) is 10.00 Å². The molecule has 0 bridgehead atoms. The summed E-state index contributed by atoms with van der Waals surface area (Å²) in [5.74, 6) is 0.660. The Balaban J connectivity index is 1.92. The number of nitrogens with one attached hydrogen (secondary N) is 1. The normalized spacial score (nSPS) is 16.2. The number of amides is 1. The van der Waals surface area contributed by atoms with E-state index >= 15 is 0 Å². The van der Waals surface area contributed by atoms with Crippen molar-refractivity contribution < 1.29 is 9.53 Å². The lowest BCUT2D eigenvalue weighted by atomic mass is 10.0. The third-order valence-corrected chi connectivity index (χ3v) is 3.79. The summed E-state index contributed by atoms with van der Waals surface area (Å²) in [5, 5.41) is 12.1. The van der Waals surface area contributed by atoms with Crippen molar-refractivity contribution in [3.05, 3.63) is 29.3 Å². The minimum atomic E-state index is 0.0438. The van der Waals surface area contributed by atoms with Crippen LogP contribution >= 0.6 is 0 Å². The summed E-state index contributed by atoms with van der Waals surface area (Å²) in [5.41, 5.74) is 1.69. The van der Waals surface area contributed by atoms with Crippen LogP contribution in [0, 0.1) is 11.3 Å². The molecule has 21 heavy (non-hydrogen) atoms. The fourth-order valence-electron chi connectivity index (χ4n) is 2.72. The lowest BCUT2D eigenvalue weighted by Crippen LogP contribution is -2.43. The molecule has 1 fully saturated rings. The second kappa shape index (κ2) is 7.09. The summed E-state index contributed by atoms with van der Waals surface area (Å²) in [7, 11) is 1.57. The average molecular weight is 287 g/mol. The molecule has 0 atom stereocenters. The summed E-state index contributed by atoms with van der Waals surface area (Å²) in [4.78, 5) is 13.4. The molecule has 1 aliphatic rings. The van der Waals surface area contributed by atoms with Crippen molar-refractivity contribution in [2.24, 2.45) is 0 Å². The fraction of sp³-hybridized carbons (Fsp3) is 0.500. The first-order valence-corrected chi connectivity index (χ1v) is 7.19. The number of ether oxygens (including phenoxy) is 1. The van der Waals surface area contributed by atoms with Crippen molar-refractivity contribution in [2.45, 2.75) is 32.4 Å². The molecule has 1 N–H and O–H groups in total. The van der Waals surface area contributed by atoms with Gasteiger partial charge in [-0.2, -0.15) is 5.26 Å². The molecule has 1 aliphatic heterocycles. The Morgan fingerprint density at radius 2 is 2.19 bits per heavy atom. The molecular formula is C16H21N3O2. The first kappa shape index (κ1) is 15.3. The highest BCUT2D eigenvalue weighted by Crippen LogP contribution is 2.21. The van der Waals surface area contributed by atoms with Crippen molar-refractivity contribution in [1.82, 2.24) is 10.2 Å². The van der Waals surface area contributed by atoms with Gasteiger partial charge in [-0.25, -0.2) is 0 Å². The molecule has 2 rings (SSSR count). The summed E-state index contributed by atoms with van der Waals surface area (Å²) < 4.78 is 5.16. The van der Waals surface area contributed by atoms with Gasteiger partial charge in [0.25, 0.3) is 0 Å². The van der Waals surface area contributed by atoms with Crippen LogP contribution in [0.1, 0.15) is 30.9 Å². The minimum Gasteiger partial charge on any atom is -0.495 e. The SMILES string of the molecule is COc1ccc(CN2CCC(NC(C)=O)CC2)cc1C#N. The zero-order chi connectivity index (χ0) is 15.2. The first-order valence-electron chi connectivity index (χ1n) is 7.19. The van der Waals surface area contributed by atoms with Crippen molar-refractivity contribution >= 4 is 5.91 Å². The Morgan fingerprint density at radius 1 is 1.48 bits per heavy atom. The second-order valence-electron chi connectivity index (χ2n) is 5.40. The Kier molecular flexibility index (Phi) is 5.18. The molecule has 5 nitrogen and oxygen atoms in total. The van der Waals surface area contributed by atoms with Crippen LogP contribution in [-0.2, 0) is 11.3 Å². The number of hydrogen-bond donors (Lipinski definition) is 1. The molecule has 1 heterocycles. The van der Waals surface area contributed by atoms with E-state index in [0.717, 1.165) is 38.0 Å². The quantitative estimate of drug-likeness (QED) is 0.915. The Labute approximate surface area is 125 Å². The number of carbonyl (C=O) groups excluding carboxylic acids is 1. The number of hydrogen-bond acceptors (Lipinski definition) is 4. The molecule has 0 unspecified atom stereocenters. The standard InChI is InChI=1S/C16H21N3O2/c1-12(20)18-15-5-7-19(8-6-15)11-13-3-4-16(21-2)14(9-13)10-17/h3-4,9,15H,5-8,11H2,1-2H3,(H,18,20). The molecule has 0 aromatic heterocycles. The molecule has 1 amide bonds. The van der Waals surface area contributed by atoms with Gasteiger partial charge in [-0.15, -0.1) is 0 Å². The highest BCUT2D eigenvalue weighted by Gasteiger charge is 2.19. The minimum absolute atomic E-state index is 0.0438. The number of rotatable bonds is 4. The van der Waals surface area contributed by atoms with Gasteiger partial charge < -0.3 is 10.1 Å². The zero-order valence-electron chi connectivity index (χ0n) is 12.6. The molecular weight excluding hydrogens is 266 g/mol. The predicted octanol–water partition coefficient (Wildman–Crippen LogP) is 1.67. The van der Waals surface area contributed by atoms with E-state index in [1.807, 2.05) is 18.2 Å². The summed E-state index contributed by atoms with van der Waals surface area (Å²) >= 11 is 0. The molecule has 1 aromatic rings. The maximum Gasteiger partial charge on any atom is 0.217 e. The molecule has 0 radical (unpaired) electrons. The number of nitriles is 1. The van der Waals surface area contributed by atoms with Gasteiger partial charge in [-0.3, -0.25) is 9.69 Å². The van der Waals surface area contributed by atoms with E-state index < -0.39 is 0 Å². The molecule has 1 saturated heterocycles. The van der Waals surface area contributed by atoms with Gasteiger partial charge in [0.1, 0.15) is 11.8 Å². The third-order valence-electron chi connectivity index (χ3n) is 3.79. The van der Waals surface area contributed by atoms with E-state index in [1.54, 1.807) is 14.0 Å². The highest BCUT2D eigenvalue weighted by atomic mass is 16.5. The largest absolute Gasteiger partial charge is 0.495 e. The summed E-state index contributed by atoms with van der Waals surface area (Å²) in [6, 6.07) is 8.19. The highest BCUT2D eigenvalue weighted by molar-refractivity contribution is 5.73. The van der Waals surface area contributed by atoms with Crippen LogP contribution in [-0.4, -0.2) is 37.0 Å². The third kappa shape index (κ3) is 4.20. The van der Waals surface area contributed by atoms with Gasteiger partial charge in [0.05, 0.1) is 12.7 Å². The Bertz CT molecular complexity index is 543. The van der Waals surface area contributed by atoms with Gasteiger partial charge in [-0.05, 0) is 30.5 Å². The van der Waals surface area contributed by atoms with Gasteiger partial charge >= 0.3 is 0 Å². The number of likely N-dealkylation sites (tertiary alicyclic amines) is 1. The zero-order valence-corrected chi connectivity index (χ0v) is 12.6. The number of piperidine rings is 1. The number of benzene rings is 1. The van der Waals surface area contributed by atoms with E-state index in [1.165, 1.54) is 0 Å². The van der Waals surface area contributed by atoms with Crippen LogP contribution in [0.4, 0.5) is 0 Å². The maximum absolute atomic E-state index is 11.0. The molecule has 5 heteroatoms. The first-order chi connectivity index (χ1) is 10.1. The van der Waals surface area contributed by atoms with Crippen LogP contribution in [0.5, 0.6) is 5.75 Å². The van der Waals surface area contributed by atoms with Crippen molar-refractivity contribution in [3.63, 3.8) is 0 Å². The van der Waals surface area contributed by atoms with Crippen LogP contribution in [0.2, 0.25) is 0 Å². The smallest absolute Gasteiger partial charge is 0.217 e. The van der Waals surface area contributed by atoms with Gasteiger partial charge in [-0.1, -0.05) is 6.07 Å². The average Bonchev–Trinajstić information content (AvgIpc) is 2.48. The summed E-state index contributed by atoms with van der Waals surface area (Å²) in [6.45, 7) is 4.30. The molecule has 0 spiro atoms. The van der Waals surface area contributed by atoms with Crippen molar-refractivity contribution in [1.29, 1.82) is 5.26 Å². The van der Waals surface area contributed by atoms with Crippen LogP contribution in [0.3, 0.4) is 0 Å². The lowest BCUT2D eigenvalue weighted by Gasteiger charge is -2.32. The van der Waals surface area contributed by atoms with Gasteiger partial charge in [0.2, 0.25) is 5.91 Å². The predicted molar refractivity (Wildman–Crippen MR) is 79.8 cm³/mol. The second-order valence-corrected chi connectivity index (χ2v) is 5.40. The number of carbonyl (C=O) groups is 1. The molecule has 112 valence electrons. The molecule has 1 aromatic carbocycles.